The molecule has 0 aromatic heterocycles. The Kier molecular flexibility index (Phi) is 12.9. The fraction of sp³-hybridized carbons (Fsp3) is 0.462. The zero-order chi connectivity index (χ0) is 15.8. The summed E-state index contributed by atoms with van der Waals surface area (Å²) in [4.78, 5) is 0. The van der Waals surface area contributed by atoms with E-state index in [-0.39, 0.29) is 44.3 Å². The SMILES string of the molecule is [B][Si](C)OCC(O)[CH-]OC(C)OCc1c(Cl)cccc1Cl.[U+2]. The molecular weight excluding hydrogens is 568 g/mol. The molecule has 2 atom stereocenters. The third-order valence-electron chi connectivity index (χ3n) is 2.43. The minimum absolute atomic E-state index is 0. The molecular formula is C13H17BCl2O4SiU+. The maximum Gasteiger partial charge on any atom is 2.00 e. The summed E-state index contributed by atoms with van der Waals surface area (Å²) in [5.74, 6) is 0. The molecule has 0 aliphatic rings. The van der Waals surface area contributed by atoms with Gasteiger partial charge < -0.3 is 19.0 Å². The van der Waals surface area contributed by atoms with Gasteiger partial charge in [-0.3, -0.25) is 0 Å². The van der Waals surface area contributed by atoms with Crippen LogP contribution < -0.4 is 0 Å². The molecule has 0 heterocycles. The molecule has 1 rings (SSSR count). The number of hydrogen-bond acceptors (Lipinski definition) is 4. The molecule has 0 amide bonds. The Morgan fingerprint density at radius 2 is 1.95 bits per heavy atom. The molecule has 1 aromatic rings. The fourth-order valence-electron chi connectivity index (χ4n) is 1.37. The van der Waals surface area contributed by atoms with Crippen LogP contribution >= 0.6 is 23.2 Å². The Balaban J connectivity index is 0.00000441. The summed E-state index contributed by atoms with van der Waals surface area (Å²) in [5.41, 5.74) is 0.696. The first-order valence-electron chi connectivity index (χ1n) is 6.33. The summed E-state index contributed by atoms with van der Waals surface area (Å²) in [6, 6.07) is 5.24. The van der Waals surface area contributed by atoms with Crippen LogP contribution in [-0.2, 0) is 20.5 Å². The van der Waals surface area contributed by atoms with Gasteiger partial charge in [-0.1, -0.05) is 35.8 Å². The maximum atomic E-state index is 9.58. The fourth-order valence-corrected chi connectivity index (χ4v) is 2.31. The third kappa shape index (κ3) is 9.31. The Bertz CT molecular complexity index is 422. The monoisotopic (exact) mass is 584 g/mol. The van der Waals surface area contributed by atoms with E-state index in [1.54, 1.807) is 31.7 Å². The zero-order valence-electron chi connectivity index (χ0n) is 12.4. The van der Waals surface area contributed by atoms with Gasteiger partial charge >= 0.3 is 31.1 Å². The van der Waals surface area contributed by atoms with Gasteiger partial charge in [0.15, 0.2) is 8.91 Å². The Labute approximate surface area is 168 Å². The Hall–Kier alpha value is 0.974. The van der Waals surface area contributed by atoms with E-state index in [1.807, 2.05) is 0 Å². The van der Waals surface area contributed by atoms with Crippen LogP contribution in [0.4, 0.5) is 0 Å². The van der Waals surface area contributed by atoms with Crippen LogP contribution in [0.15, 0.2) is 18.2 Å². The summed E-state index contributed by atoms with van der Waals surface area (Å²) >= 11 is 12.1. The third-order valence-corrected chi connectivity index (χ3v) is 3.76. The van der Waals surface area contributed by atoms with Crippen molar-refractivity contribution in [1.82, 2.24) is 0 Å². The zero-order valence-corrected chi connectivity index (χ0v) is 19.1. The second kappa shape index (κ2) is 12.4. The standard InChI is InChI=1S/C13H17BCl2O4Si.U/c1-9(18-6-10(17)7-20-21(2)14)19-8-11-12(15)4-3-5-13(11)16;/h3-6,9-10,17H,7-8H2,1-2H3;/q-1;+2. The largest absolute Gasteiger partial charge is 2.00 e. The summed E-state index contributed by atoms with van der Waals surface area (Å²) < 4.78 is 15.9. The first-order chi connectivity index (χ1) is 9.90. The van der Waals surface area contributed by atoms with Crippen molar-refractivity contribution in [3.8, 4) is 0 Å². The second-order valence-corrected chi connectivity index (χ2v) is 6.66. The molecule has 0 saturated heterocycles. The molecule has 0 spiro atoms. The predicted molar refractivity (Wildman–Crippen MR) is 85.4 cm³/mol. The average Bonchev–Trinajstić information content (AvgIpc) is 2.42. The van der Waals surface area contributed by atoms with Crippen LogP contribution in [0.2, 0.25) is 16.6 Å². The van der Waals surface area contributed by atoms with Gasteiger partial charge in [-0.15, -0.1) is 0 Å². The molecule has 117 valence electrons. The number of hydrogen-bond donors (Lipinski definition) is 1. The summed E-state index contributed by atoms with van der Waals surface area (Å²) in [6.45, 7) is 5.04. The number of halogens is 2. The van der Waals surface area contributed by atoms with E-state index >= 15 is 0 Å². The van der Waals surface area contributed by atoms with Crippen molar-refractivity contribution in [2.75, 3.05) is 6.61 Å². The van der Waals surface area contributed by atoms with Gasteiger partial charge in [0.05, 0.1) is 14.0 Å². The van der Waals surface area contributed by atoms with Crippen molar-refractivity contribution in [2.24, 2.45) is 0 Å². The van der Waals surface area contributed by atoms with E-state index in [9.17, 15) is 5.11 Å². The minimum Gasteiger partial charge on any atom is -0.527 e. The van der Waals surface area contributed by atoms with Crippen molar-refractivity contribution in [3.63, 3.8) is 0 Å². The number of aliphatic hydroxyl groups is 1. The van der Waals surface area contributed by atoms with E-state index < -0.39 is 21.3 Å². The molecule has 0 aliphatic heterocycles. The normalized spacial score (nSPS) is 13.7. The number of aliphatic hydroxyl groups excluding tert-OH is 1. The molecule has 2 unspecified atom stereocenters. The smallest absolute Gasteiger partial charge is 0.527 e. The molecule has 0 bridgehead atoms. The van der Waals surface area contributed by atoms with Gasteiger partial charge in [-0.05, 0) is 25.2 Å². The van der Waals surface area contributed by atoms with E-state index in [4.69, 9.17) is 44.5 Å². The summed E-state index contributed by atoms with van der Waals surface area (Å²) in [7, 11) is 4.18. The Morgan fingerprint density at radius 3 is 2.50 bits per heavy atom. The van der Waals surface area contributed by atoms with Gasteiger partial charge in [0, 0.05) is 22.2 Å². The molecule has 0 fully saturated rings. The van der Waals surface area contributed by atoms with Crippen LogP contribution in [-0.4, -0.2) is 40.5 Å². The summed E-state index contributed by atoms with van der Waals surface area (Å²) in [6.07, 6.45) is -1.42. The molecule has 1 N–H and O–H groups in total. The molecule has 0 aliphatic carbocycles. The van der Waals surface area contributed by atoms with Crippen molar-refractivity contribution in [2.45, 2.75) is 32.5 Å². The van der Waals surface area contributed by atoms with E-state index in [0.29, 0.717) is 15.6 Å². The van der Waals surface area contributed by atoms with Crippen molar-refractivity contribution >= 4 is 39.6 Å². The molecule has 0 saturated carbocycles. The number of rotatable bonds is 9. The van der Waals surface area contributed by atoms with Gasteiger partial charge in [0.2, 0.25) is 0 Å². The van der Waals surface area contributed by atoms with Crippen molar-refractivity contribution in [3.05, 3.63) is 40.4 Å². The van der Waals surface area contributed by atoms with Crippen LogP contribution in [0.1, 0.15) is 12.5 Å². The number of ether oxygens (including phenoxy) is 2. The van der Waals surface area contributed by atoms with Gasteiger partial charge in [-0.25, -0.2) is 0 Å². The second-order valence-electron chi connectivity index (χ2n) is 4.34. The number of benzene rings is 1. The molecule has 4 nitrogen and oxygen atoms in total. The van der Waals surface area contributed by atoms with E-state index in [0.717, 1.165) is 0 Å². The van der Waals surface area contributed by atoms with Gasteiger partial charge in [0.25, 0.3) is 0 Å². The van der Waals surface area contributed by atoms with Gasteiger partial charge in [-0.2, -0.15) is 6.61 Å². The van der Waals surface area contributed by atoms with Crippen molar-refractivity contribution < 1.29 is 50.1 Å². The van der Waals surface area contributed by atoms with Crippen LogP contribution in [0, 0.1) is 37.7 Å². The van der Waals surface area contributed by atoms with Gasteiger partial charge in [0.1, 0.15) is 6.29 Å². The minimum atomic E-state index is -1.32. The summed E-state index contributed by atoms with van der Waals surface area (Å²) in [5, 5.41) is 10.6. The topological polar surface area (TPSA) is 47.9 Å². The molecule has 22 heavy (non-hydrogen) atoms. The average molecular weight is 585 g/mol. The van der Waals surface area contributed by atoms with Crippen LogP contribution in [0.3, 0.4) is 0 Å². The van der Waals surface area contributed by atoms with Crippen molar-refractivity contribution in [1.29, 1.82) is 0 Å². The molecule has 1 aromatic carbocycles. The molecule has 3 radical (unpaired) electrons. The maximum absolute atomic E-state index is 9.58. The van der Waals surface area contributed by atoms with Crippen LogP contribution in [0.5, 0.6) is 0 Å². The van der Waals surface area contributed by atoms with E-state index in [2.05, 4.69) is 0 Å². The first kappa shape index (κ1) is 23.0. The predicted octanol–water partition coefficient (Wildman–Crippen LogP) is 2.70. The quantitative estimate of drug-likeness (QED) is 0.276. The molecule has 9 heteroatoms. The Morgan fingerprint density at radius 1 is 1.36 bits per heavy atom. The van der Waals surface area contributed by atoms with Crippen LogP contribution in [0.25, 0.3) is 0 Å². The van der Waals surface area contributed by atoms with E-state index in [1.165, 1.54) is 6.61 Å². The first-order valence-corrected chi connectivity index (χ1v) is 9.07.